The van der Waals surface area contributed by atoms with Gasteiger partial charge in [-0.05, 0) is 50.0 Å². The van der Waals surface area contributed by atoms with Crippen LogP contribution in [0.4, 0.5) is 0 Å². The number of benzene rings is 2. The monoisotopic (exact) mass is 479 g/mol. The maximum absolute atomic E-state index is 13.1. The standard InChI is InChI=1S/C24H31Cl2N3O3/c1-27(2)9-10-28-11-13-29(14-12-28)24(30)19-5-7-22(31-3)23(16-19)32-15-8-18-4-6-20(25)17-21(18)26/h4-7,16-17H,8-15H2,1-3H3. The molecule has 0 spiro atoms. The van der Waals surface area contributed by atoms with Gasteiger partial charge in [0.2, 0.25) is 0 Å². The Morgan fingerprint density at radius 3 is 2.44 bits per heavy atom. The van der Waals surface area contributed by atoms with Crippen LogP contribution >= 0.6 is 23.2 Å². The molecule has 1 fully saturated rings. The van der Waals surface area contributed by atoms with Gasteiger partial charge in [0.1, 0.15) is 0 Å². The summed E-state index contributed by atoms with van der Waals surface area (Å²) in [6.45, 7) is 5.68. The zero-order valence-corrected chi connectivity index (χ0v) is 20.5. The van der Waals surface area contributed by atoms with Crippen molar-refractivity contribution in [3.8, 4) is 11.5 Å². The summed E-state index contributed by atoms with van der Waals surface area (Å²) in [4.78, 5) is 19.6. The Morgan fingerprint density at radius 2 is 1.78 bits per heavy atom. The van der Waals surface area contributed by atoms with Crippen molar-refractivity contribution in [2.24, 2.45) is 0 Å². The molecule has 0 aliphatic carbocycles. The number of likely N-dealkylation sites (N-methyl/N-ethyl adjacent to an activating group) is 1. The molecular formula is C24H31Cl2N3O3. The maximum Gasteiger partial charge on any atom is 0.254 e. The zero-order valence-electron chi connectivity index (χ0n) is 18.9. The highest BCUT2D eigenvalue weighted by molar-refractivity contribution is 6.35. The van der Waals surface area contributed by atoms with Gasteiger partial charge in [-0.15, -0.1) is 0 Å². The molecule has 0 radical (unpaired) electrons. The van der Waals surface area contributed by atoms with Crippen LogP contribution in [0.15, 0.2) is 36.4 Å². The van der Waals surface area contributed by atoms with Crippen LogP contribution in [0.3, 0.4) is 0 Å². The van der Waals surface area contributed by atoms with E-state index in [0.717, 1.165) is 44.8 Å². The van der Waals surface area contributed by atoms with Crippen LogP contribution in [0.25, 0.3) is 0 Å². The molecule has 1 aliphatic rings. The summed E-state index contributed by atoms with van der Waals surface area (Å²) in [5.74, 6) is 1.16. The Balaban J connectivity index is 1.59. The zero-order chi connectivity index (χ0) is 23.1. The first-order valence-corrected chi connectivity index (χ1v) is 11.5. The lowest BCUT2D eigenvalue weighted by Gasteiger charge is -2.35. The summed E-state index contributed by atoms with van der Waals surface area (Å²) in [6.07, 6.45) is 0.617. The van der Waals surface area contributed by atoms with Crippen molar-refractivity contribution in [2.75, 3.05) is 67.1 Å². The predicted octanol–water partition coefficient (Wildman–Crippen LogP) is 3.94. The molecule has 0 aromatic heterocycles. The van der Waals surface area contributed by atoms with Crippen LogP contribution in [-0.4, -0.2) is 87.7 Å². The molecule has 174 valence electrons. The quantitative estimate of drug-likeness (QED) is 0.544. The van der Waals surface area contributed by atoms with Crippen molar-refractivity contribution in [2.45, 2.75) is 6.42 Å². The number of amides is 1. The minimum atomic E-state index is 0.0190. The molecule has 0 N–H and O–H groups in total. The number of hydrogen-bond donors (Lipinski definition) is 0. The number of carbonyl (C=O) groups excluding carboxylic acids is 1. The number of piperazine rings is 1. The molecule has 0 atom stereocenters. The van der Waals surface area contributed by atoms with Crippen LogP contribution in [0.1, 0.15) is 15.9 Å². The first-order valence-electron chi connectivity index (χ1n) is 10.8. The van der Waals surface area contributed by atoms with Crippen LogP contribution < -0.4 is 9.47 Å². The van der Waals surface area contributed by atoms with E-state index in [1.807, 2.05) is 17.0 Å². The van der Waals surface area contributed by atoms with Crippen molar-refractivity contribution in [3.63, 3.8) is 0 Å². The Morgan fingerprint density at radius 1 is 1.03 bits per heavy atom. The van der Waals surface area contributed by atoms with Crippen molar-refractivity contribution < 1.29 is 14.3 Å². The predicted molar refractivity (Wildman–Crippen MR) is 130 cm³/mol. The molecule has 0 unspecified atom stereocenters. The molecule has 0 bridgehead atoms. The van der Waals surface area contributed by atoms with E-state index in [4.69, 9.17) is 32.7 Å². The molecule has 6 nitrogen and oxygen atoms in total. The molecule has 2 aromatic carbocycles. The fourth-order valence-electron chi connectivity index (χ4n) is 3.62. The summed E-state index contributed by atoms with van der Waals surface area (Å²) in [5.41, 5.74) is 1.56. The lowest BCUT2D eigenvalue weighted by atomic mass is 10.1. The SMILES string of the molecule is COc1ccc(C(=O)N2CCN(CCN(C)C)CC2)cc1OCCc1ccc(Cl)cc1Cl. The topological polar surface area (TPSA) is 45.2 Å². The maximum atomic E-state index is 13.1. The molecule has 32 heavy (non-hydrogen) atoms. The largest absolute Gasteiger partial charge is 0.493 e. The van der Waals surface area contributed by atoms with Gasteiger partial charge in [-0.3, -0.25) is 9.69 Å². The highest BCUT2D eigenvalue weighted by atomic mass is 35.5. The van der Waals surface area contributed by atoms with E-state index < -0.39 is 0 Å². The molecule has 1 heterocycles. The summed E-state index contributed by atoms with van der Waals surface area (Å²) in [5, 5.41) is 1.22. The third-order valence-electron chi connectivity index (χ3n) is 5.58. The fourth-order valence-corrected chi connectivity index (χ4v) is 4.12. The average molecular weight is 480 g/mol. The number of ether oxygens (including phenoxy) is 2. The molecule has 1 amide bonds. The number of nitrogens with zero attached hydrogens (tertiary/aromatic N) is 3. The van der Waals surface area contributed by atoms with Gasteiger partial charge in [0.15, 0.2) is 11.5 Å². The second-order valence-corrected chi connectivity index (χ2v) is 8.98. The Kier molecular flexibility index (Phi) is 9.05. The first-order chi connectivity index (χ1) is 15.4. The molecule has 1 saturated heterocycles. The normalized spacial score (nSPS) is 14.6. The van der Waals surface area contributed by atoms with Crippen molar-refractivity contribution in [3.05, 3.63) is 57.6 Å². The Labute approximate surface area is 200 Å². The van der Waals surface area contributed by atoms with Crippen LogP contribution in [0, 0.1) is 0 Å². The van der Waals surface area contributed by atoms with Crippen LogP contribution in [0.2, 0.25) is 10.0 Å². The number of methoxy groups -OCH3 is 1. The van der Waals surface area contributed by atoms with Crippen molar-refractivity contribution >= 4 is 29.1 Å². The number of rotatable bonds is 9. The van der Waals surface area contributed by atoms with Gasteiger partial charge in [-0.2, -0.15) is 0 Å². The van der Waals surface area contributed by atoms with Crippen molar-refractivity contribution in [1.82, 2.24) is 14.7 Å². The molecular weight excluding hydrogens is 449 g/mol. The minimum Gasteiger partial charge on any atom is -0.493 e. The average Bonchev–Trinajstić information content (AvgIpc) is 2.79. The van der Waals surface area contributed by atoms with Gasteiger partial charge in [-0.25, -0.2) is 0 Å². The molecule has 8 heteroatoms. The first kappa shape index (κ1) is 24.6. The minimum absolute atomic E-state index is 0.0190. The Bertz CT molecular complexity index is 915. The summed E-state index contributed by atoms with van der Waals surface area (Å²) >= 11 is 12.2. The van der Waals surface area contributed by atoms with Gasteiger partial charge in [0.05, 0.1) is 13.7 Å². The van der Waals surface area contributed by atoms with Crippen molar-refractivity contribution in [1.29, 1.82) is 0 Å². The summed E-state index contributed by atoms with van der Waals surface area (Å²) in [6, 6.07) is 10.8. The van der Waals surface area contributed by atoms with Crippen LogP contribution in [-0.2, 0) is 6.42 Å². The van der Waals surface area contributed by atoms with Gasteiger partial charge in [0.25, 0.3) is 5.91 Å². The third-order valence-corrected chi connectivity index (χ3v) is 6.16. The molecule has 3 rings (SSSR count). The highest BCUT2D eigenvalue weighted by Crippen LogP contribution is 2.29. The van der Waals surface area contributed by atoms with E-state index in [9.17, 15) is 4.79 Å². The lowest BCUT2D eigenvalue weighted by Crippen LogP contribution is -2.49. The second-order valence-electron chi connectivity index (χ2n) is 8.14. The van der Waals surface area contributed by atoms with E-state index in [0.29, 0.717) is 40.1 Å². The van der Waals surface area contributed by atoms with E-state index in [1.54, 1.807) is 31.4 Å². The van der Waals surface area contributed by atoms with E-state index in [1.165, 1.54) is 0 Å². The summed E-state index contributed by atoms with van der Waals surface area (Å²) in [7, 11) is 5.74. The van der Waals surface area contributed by atoms with Gasteiger partial charge >= 0.3 is 0 Å². The molecule has 2 aromatic rings. The smallest absolute Gasteiger partial charge is 0.254 e. The third kappa shape index (κ3) is 6.75. The lowest BCUT2D eigenvalue weighted by molar-refractivity contribution is 0.0629. The van der Waals surface area contributed by atoms with Crippen LogP contribution in [0.5, 0.6) is 11.5 Å². The number of carbonyl (C=O) groups is 1. The number of halogens is 2. The molecule has 1 aliphatic heterocycles. The second kappa shape index (κ2) is 11.8. The van der Waals surface area contributed by atoms with Gasteiger partial charge in [0, 0.05) is 61.3 Å². The van der Waals surface area contributed by atoms with Gasteiger partial charge in [-0.1, -0.05) is 29.3 Å². The highest BCUT2D eigenvalue weighted by Gasteiger charge is 2.23. The Hall–Kier alpha value is -1.99. The van der Waals surface area contributed by atoms with E-state index >= 15 is 0 Å². The van der Waals surface area contributed by atoms with E-state index in [-0.39, 0.29) is 5.91 Å². The summed E-state index contributed by atoms with van der Waals surface area (Å²) < 4.78 is 11.4. The molecule has 0 saturated carbocycles. The fraction of sp³-hybridized carbons (Fsp3) is 0.458. The van der Waals surface area contributed by atoms with Gasteiger partial charge < -0.3 is 19.3 Å². The van der Waals surface area contributed by atoms with E-state index in [2.05, 4.69) is 23.9 Å². The number of hydrogen-bond acceptors (Lipinski definition) is 5.